The van der Waals surface area contributed by atoms with Gasteiger partial charge in [-0.05, 0) is 24.1 Å². The van der Waals surface area contributed by atoms with E-state index in [9.17, 15) is 4.39 Å². The van der Waals surface area contributed by atoms with Crippen LogP contribution >= 0.6 is 0 Å². The van der Waals surface area contributed by atoms with E-state index in [2.05, 4.69) is 15.6 Å². The standard InChI is InChI=1S/C20H26FN3O3/c1-22-20(23-10-9-14-7-5-6-8-16(14)21)24-13-15-11-18(26-3)19(27-4)12-17(15)25-2/h5-8,11-12H,9-10,13H2,1-4H3,(H2,22,23,24). The van der Waals surface area contributed by atoms with Crippen LogP contribution in [-0.2, 0) is 13.0 Å². The van der Waals surface area contributed by atoms with Gasteiger partial charge >= 0.3 is 0 Å². The summed E-state index contributed by atoms with van der Waals surface area (Å²) >= 11 is 0. The van der Waals surface area contributed by atoms with Gasteiger partial charge in [0.25, 0.3) is 0 Å². The van der Waals surface area contributed by atoms with Crippen LogP contribution in [0.4, 0.5) is 4.39 Å². The lowest BCUT2D eigenvalue weighted by atomic mass is 10.1. The maximum Gasteiger partial charge on any atom is 0.191 e. The van der Waals surface area contributed by atoms with Gasteiger partial charge in [0, 0.05) is 31.8 Å². The van der Waals surface area contributed by atoms with Gasteiger partial charge < -0.3 is 24.8 Å². The Hall–Kier alpha value is -2.96. The second kappa shape index (κ2) is 10.3. The summed E-state index contributed by atoms with van der Waals surface area (Å²) in [6.45, 7) is 1.03. The lowest BCUT2D eigenvalue weighted by molar-refractivity contribution is 0.347. The van der Waals surface area contributed by atoms with E-state index in [1.54, 1.807) is 46.6 Å². The largest absolute Gasteiger partial charge is 0.496 e. The number of aliphatic imine (C=N–C) groups is 1. The molecule has 6 nitrogen and oxygen atoms in total. The molecule has 0 atom stereocenters. The second-order valence-electron chi connectivity index (χ2n) is 5.71. The Morgan fingerprint density at radius 1 is 0.926 bits per heavy atom. The lowest BCUT2D eigenvalue weighted by Gasteiger charge is -2.16. The number of nitrogens with one attached hydrogen (secondary N) is 2. The highest BCUT2D eigenvalue weighted by atomic mass is 19.1. The van der Waals surface area contributed by atoms with E-state index >= 15 is 0 Å². The fraction of sp³-hybridized carbons (Fsp3) is 0.350. The van der Waals surface area contributed by atoms with Crippen LogP contribution in [0.25, 0.3) is 0 Å². The molecule has 2 aromatic rings. The van der Waals surface area contributed by atoms with Crippen molar-refractivity contribution in [2.24, 2.45) is 4.99 Å². The first-order valence-electron chi connectivity index (χ1n) is 8.59. The van der Waals surface area contributed by atoms with Crippen LogP contribution in [0.3, 0.4) is 0 Å². The predicted octanol–water partition coefficient (Wildman–Crippen LogP) is 2.76. The minimum atomic E-state index is -0.197. The zero-order valence-corrected chi connectivity index (χ0v) is 16.1. The average Bonchev–Trinajstić information content (AvgIpc) is 2.71. The third-order valence-electron chi connectivity index (χ3n) is 4.10. The first kappa shape index (κ1) is 20.4. The van der Waals surface area contributed by atoms with Crippen molar-refractivity contribution < 1.29 is 18.6 Å². The van der Waals surface area contributed by atoms with Crippen LogP contribution in [0, 0.1) is 5.82 Å². The zero-order chi connectivity index (χ0) is 19.6. The molecular formula is C20H26FN3O3. The minimum absolute atomic E-state index is 0.197. The summed E-state index contributed by atoms with van der Waals surface area (Å²) in [4.78, 5) is 4.19. The number of nitrogens with zero attached hydrogens (tertiary/aromatic N) is 1. The highest BCUT2D eigenvalue weighted by molar-refractivity contribution is 5.79. The summed E-state index contributed by atoms with van der Waals surface area (Å²) in [6.07, 6.45) is 0.563. The van der Waals surface area contributed by atoms with Crippen molar-refractivity contribution in [1.29, 1.82) is 0 Å². The van der Waals surface area contributed by atoms with E-state index in [1.165, 1.54) is 6.07 Å². The van der Waals surface area contributed by atoms with Gasteiger partial charge in [0.2, 0.25) is 0 Å². The number of hydrogen-bond acceptors (Lipinski definition) is 4. The van der Waals surface area contributed by atoms with Crippen LogP contribution in [0.2, 0.25) is 0 Å². The monoisotopic (exact) mass is 375 g/mol. The number of benzene rings is 2. The average molecular weight is 375 g/mol. The number of methoxy groups -OCH3 is 3. The van der Waals surface area contributed by atoms with Crippen LogP contribution < -0.4 is 24.8 Å². The molecule has 2 N–H and O–H groups in total. The molecule has 0 unspecified atom stereocenters. The molecule has 0 aromatic heterocycles. The van der Waals surface area contributed by atoms with Gasteiger partial charge in [-0.2, -0.15) is 0 Å². The highest BCUT2D eigenvalue weighted by Crippen LogP contribution is 2.34. The maximum absolute atomic E-state index is 13.7. The van der Waals surface area contributed by atoms with Crippen molar-refractivity contribution in [3.8, 4) is 17.2 Å². The smallest absolute Gasteiger partial charge is 0.191 e. The van der Waals surface area contributed by atoms with Gasteiger partial charge in [0.05, 0.1) is 21.3 Å². The fourth-order valence-corrected chi connectivity index (χ4v) is 2.65. The number of hydrogen-bond donors (Lipinski definition) is 2. The molecule has 0 aliphatic carbocycles. The summed E-state index contributed by atoms with van der Waals surface area (Å²) in [5.41, 5.74) is 1.56. The Morgan fingerprint density at radius 3 is 2.22 bits per heavy atom. The molecular weight excluding hydrogens is 349 g/mol. The van der Waals surface area contributed by atoms with Crippen molar-refractivity contribution in [2.45, 2.75) is 13.0 Å². The first-order chi connectivity index (χ1) is 13.1. The van der Waals surface area contributed by atoms with Crippen molar-refractivity contribution in [1.82, 2.24) is 10.6 Å². The Kier molecular flexibility index (Phi) is 7.73. The molecule has 0 bridgehead atoms. The quantitative estimate of drug-likeness (QED) is 0.549. The minimum Gasteiger partial charge on any atom is -0.496 e. The number of guanidine groups is 1. The Labute approximate surface area is 159 Å². The number of rotatable bonds is 8. The van der Waals surface area contributed by atoms with Gasteiger partial charge in [0.15, 0.2) is 17.5 Å². The molecule has 146 valence electrons. The van der Waals surface area contributed by atoms with Crippen LogP contribution in [-0.4, -0.2) is 40.9 Å². The fourth-order valence-electron chi connectivity index (χ4n) is 2.65. The maximum atomic E-state index is 13.7. The predicted molar refractivity (Wildman–Crippen MR) is 104 cm³/mol. The summed E-state index contributed by atoms with van der Waals surface area (Å²) < 4.78 is 29.7. The molecule has 0 spiro atoms. The number of ether oxygens (including phenoxy) is 3. The Bertz CT molecular complexity index is 781. The molecule has 0 aliphatic rings. The molecule has 0 fully saturated rings. The van der Waals surface area contributed by atoms with Crippen molar-refractivity contribution >= 4 is 5.96 Å². The normalized spacial score (nSPS) is 11.1. The molecule has 0 radical (unpaired) electrons. The third-order valence-corrected chi connectivity index (χ3v) is 4.10. The third kappa shape index (κ3) is 5.51. The summed E-state index contributed by atoms with van der Waals surface area (Å²) in [6, 6.07) is 10.4. The molecule has 0 aliphatic heterocycles. The molecule has 0 saturated carbocycles. The summed E-state index contributed by atoms with van der Waals surface area (Å²) in [7, 11) is 6.46. The van der Waals surface area contributed by atoms with Gasteiger partial charge in [0.1, 0.15) is 11.6 Å². The highest BCUT2D eigenvalue weighted by Gasteiger charge is 2.12. The van der Waals surface area contributed by atoms with Crippen LogP contribution in [0.1, 0.15) is 11.1 Å². The molecule has 27 heavy (non-hydrogen) atoms. The van der Waals surface area contributed by atoms with Crippen molar-refractivity contribution in [2.75, 3.05) is 34.9 Å². The van der Waals surface area contributed by atoms with E-state index in [-0.39, 0.29) is 5.82 Å². The molecule has 2 rings (SSSR count). The van der Waals surface area contributed by atoms with Crippen molar-refractivity contribution in [3.63, 3.8) is 0 Å². The molecule has 0 amide bonds. The van der Waals surface area contributed by atoms with Gasteiger partial charge in [-0.25, -0.2) is 4.39 Å². The molecule has 0 saturated heterocycles. The summed E-state index contributed by atoms with van der Waals surface area (Å²) in [5.74, 6) is 2.32. The molecule has 7 heteroatoms. The van der Waals surface area contributed by atoms with Crippen molar-refractivity contribution in [3.05, 3.63) is 53.3 Å². The van der Waals surface area contributed by atoms with E-state index in [0.717, 1.165) is 5.56 Å². The number of halogens is 1. The summed E-state index contributed by atoms with van der Waals surface area (Å²) in [5, 5.41) is 6.40. The molecule has 2 aromatic carbocycles. The van der Waals surface area contributed by atoms with Crippen LogP contribution in [0.5, 0.6) is 17.2 Å². The first-order valence-corrected chi connectivity index (χ1v) is 8.59. The Balaban J connectivity index is 1.96. The van der Waals surface area contributed by atoms with E-state index in [1.807, 2.05) is 12.1 Å². The van der Waals surface area contributed by atoms with E-state index < -0.39 is 0 Å². The lowest BCUT2D eigenvalue weighted by Crippen LogP contribution is -2.38. The van der Waals surface area contributed by atoms with Gasteiger partial charge in [-0.1, -0.05) is 18.2 Å². The molecule has 0 heterocycles. The van der Waals surface area contributed by atoms with Gasteiger partial charge in [-0.3, -0.25) is 4.99 Å². The zero-order valence-electron chi connectivity index (χ0n) is 16.1. The van der Waals surface area contributed by atoms with Gasteiger partial charge in [-0.15, -0.1) is 0 Å². The topological polar surface area (TPSA) is 64.1 Å². The second-order valence-corrected chi connectivity index (χ2v) is 5.71. The van der Waals surface area contributed by atoms with E-state index in [4.69, 9.17) is 14.2 Å². The van der Waals surface area contributed by atoms with E-state index in [0.29, 0.717) is 48.3 Å². The van der Waals surface area contributed by atoms with Crippen LogP contribution in [0.15, 0.2) is 41.4 Å². The SMILES string of the molecule is CN=C(NCCc1ccccc1F)NCc1cc(OC)c(OC)cc1OC. The Morgan fingerprint density at radius 2 is 1.59 bits per heavy atom.